The molecule has 0 bridgehead atoms. The molecule has 1 aliphatic heterocycles. The first kappa shape index (κ1) is 16.1. The van der Waals surface area contributed by atoms with Gasteiger partial charge in [0.2, 0.25) is 0 Å². The van der Waals surface area contributed by atoms with E-state index in [9.17, 15) is 9.65 Å². The number of anilines is 1. The summed E-state index contributed by atoms with van der Waals surface area (Å²) in [6.07, 6.45) is 3.19. The Kier molecular flexibility index (Phi) is 4.00. The van der Waals surface area contributed by atoms with Crippen LogP contribution in [0.25, 0.3) is 22.2 Å². The van der Waals surface area contributed by atoms with Gasteiger partial charge < -0.3 is 14.6 Å². The monoisotopic (exact) mass is 347 g/mol. The van der Waals surface area contributed by atoms with E-state index in [1.54, 1.807) is 18.3 Å². The number of hydrogen-bond acceptors (Lipinski definition) is 5. The van der Waals surface area contributed by atoms with Crippen molar-refractivity contribution >= 4 is 16.7 Å². The van der Waals surface area contributed by atoms with Gasteiger partial charge in [-0.1, -0.05) is 12.1 Å². The van der Waals surface area contributed by atoms with E-state index in [4.69, 9.17) is 10.00 Å². The lowest BCUT2D eigenvalue weighted by molar-refractivity contribution is 0.123. The number of halogens is 1. The maximum Gasteiger partial charge on any atom is 0.148 e. The number of nitriles is 2. The number of hydrogen-bond donors (Lipinski definition) is 1. The van der Waals surface area contributed by atoms with E-state index in [0.717, 1.165) is 5.69 Å². The molecule has 7 heteroatoms. The number of aromatic amines is 1. The maximum absolute atomic E-state index is 14.8. The van der Waals surface area contributed by atoms with Gasteiger partial charge >= 0.3 is 0 Å². The zero-order valence-corrected chi connectivity index (χ0v) is 13.8. The third kappa shape index (κ3) is 2.46. The van der Waals surface area contributed by atoms with Crippen LogP contribution in [0.5, 0.6) is 0 Å². The largest absolute Gasteiger partial charge is 0.378 e. The molecule has 0 unspecified atom stereocenters. The number of pyridine rings is 1. The number of rotatable bonds is 2. The smallest absolute Gasteiger partial charge is 0.148 e. The number of morpholine rings is 1. The SMILES string of the molecule is N#Cc1cccc(-c2c[nH]c3ncc(C#N)c(N4CCOCC4)c23)c1F. The minimum atomic E-state index is -0.578. The zero-order chi connectivity index (χ0) is 18.1. The van der Waals surface area contributed by atoms with E-state index in [-0.39, 0.29) is 5.56 Å². The molecule has 128 valence electrons. The average molecular weight is 347 g/mol. The third-order valence-electron chi connectivity index (χ3n) is 4.53. The highest BCUT2D eigenvalue weighted by Crippen LogP contribution is 2.38. The van der Waals surface area contributed by atoms with Gasteiger partial charge in [-0.25, -0.2) is 9.37 Å². The van der Waals surface area contributed by atoms with Gasteiger partial charge in [0.15, 0.2) is 0 Å². The molecule has 0 saturated carbocycles. The van der Waals surface area contributed by atoms with Crippen molar-refractivity contribution in [3.63, 3.8) is 0 Å². The van der Waals surface area contributed by atoms with Crippen LogP contribution in [-0.4, -0.2) is 36.3 Å². The predicted octanol–water partition coefficient (Wildman–Crippen LogP) is 2.95. The second-order valence-electron chi connectivity index (χ2n) is 5.94. The van der Waals surface area contributed by atoms with Crippen LogP contribution in [0.3, 0.4) is 0 Å². The van der Waals surface area contributed by atoms with Crippen LogP contribution in [0.2, 0.25) is 0 Å². The van der Waals surface area contributed by atoms with E-state index >= 15 is 0 Å². The molecule has 4 rings (SSSR count). The van der Waals surface area contributed by atoms with Crippen LogP contribution in [0, 0.1) is 28.5 Å². The van der Waals surface area contributed by atoms with Crippen molar-refractivity contribution < 1.29 is 9.13 Å². The van der Waals surface area contributed by atoms with E-state index in [1.165, 1.54) is 12.3 Å². The molecule has 3 heterocycles. The zero-order valence-electron chi connectivity index (χ0n) is 13.8. The molecule has 0 spiro atoms. The molecule has 0 radical (unpaired) electrons. The van der Waals surface area contributed by atoms with Crippen LogP contribution in [0.4, 0.5) is 10.1 Å². The summed E-state index contributed by atoms with van der Waals surface area (Å²) < 4.78 is 20.2. The summed E-state index contributed by atoms with van der Waals surface area (Å²) in [6, 6.07) is 8.76. The number of H-pyrrole nitrogens is 1. The summed E-state index contributed by atoms with van der Waals surface area (Å²) in [5, 5.41) is 19.4. The Morgan fingerprint density at radius 3 is 2.62 bits per heavy atom. The second-order valence-corrected chi connectivity index (χ2v) is 5.94. The molecule has 6 nitrogen and oxygen atoms in total. The fraction of sp³-hybridized carbons (Fsp3) is 0.211. The number of nitrogens with one attached hydrogen (secondary N) is 1. The fourth-order valence-electron chi connectivity index (χ4n) is 3.31. The van der Waals surface area contributed by atoms with Crippen molar-refractivity contribution in [1.82, 2.24) is 9.97 Å². The summed E-state index contributed by atoms with van der Waals surface area (Å²) in [7, 11) is 0. The minimum Gasteiger partial charge on any atom is -0.378 e. The minimum absolute atomic E-state index is 0.0193. The number of nitrogens with zero attached hydrogens (tertiary/aromatic N) is 4. The number of benzene rings is 1. The molecule has 1 saturated heterocycles. The summed E-state index contributed by atoms with van der Waals surface area (Å²) in [5.41, 5.74) is 2.59. The quantitative estimate of drug-likeness (QED) is 0.770. The summed E-state index contributed by atoms with van der Waals surface area (Å²) in [6.45, 7) is 2.40. The molecule has 0 aliphatic carbocycles. The van der Waals surface area contributed by atoms with Crippen molar-refractivity contribution in [2.24, 2.45) is 0 Å². The van der Waals surface area contributed by atoms with Crippen molar-refractivity contribution in [3.05, 3.63) is 47.5 Å². The Labute approximate surface area is 149 Å². The average Bonchev–Trinajstić information content (AvgIpc) is 3.12. The number of ether oxygens (including phenoxy) is 1. The lowest BCUT2D eigenvalue weighted by Crippen LogP contribution is -2.36. The molecule has 0 atom stereocenters. The normalized spacial score (nSPS) is 14.2. The highest BCUT2D eigenvalue weighted by Gasteiger charge is 2.23. The van der Waals surface area contributed by atoms with Crippen molar-refractivity contribution in [2.45, 2.75) is 0 Å². The van der Waals surface area contributed by atoms with Gasteiger partial charge in [-0.3, -0.25) is 0 Å². The van der Waals surface area contributed by atoms with E-state index < -0.39 is 5.82 Å². The standard InChI is InChI=1S/C19H14FN5O/c20-17-12(8-21)2-1-3-14(17)15-11-24-19-16(15)18(13(9-22)10-23-19)25-4-6-26-7-5-25/h1-3,10-11H,4-7H2,(H,23,24). The molecule has 3 aromatic rings. The molecule has 1 N–H and O–H groups in total. The van der Waals surface area contributed by atoms with Gasteiger partial charge in [0.05, 0.1) is 35.4 Å². The Hall–Kier alpha value is -3.42. The Morgan fingerprint density at radius 2 is 1.88 bits per heavy atom. The van der Waals surface area contributed by atoms with Crippen LogP contribution < -0.4 is 4.90 Å². The molecule has 26 heavy (non-hydrogen) atoms. The van der Waals surface area contributed by atoms with Gasteiger partial charge in [-0.15, -0.1) is 0 Å². The van der Waals surface area contributed by atoms with Crippen molar-refractivity contribution in [3.8, 4) is 23.3 Å². The Morgan fingerprint density at radius 1 is 1.12 bits per heavy atom. The Bertz CT molecular complexity index is 1070. The van der Waals surface area contributed by atoms with E-state index in [0.29, 0.717) is 54.0 Å². The van der Waals surface area contributed by atoms with Gasteiger partial charge in [0.1, 0.15) is 23.6 Å². The van der Waals surface area contributed by atoms with Gasteiger partial charge in [-0.05, 0) is 6.07 Å². The first-order valence-corrected chi connectivity index (χ1v) is 8.16. The van der Waals surface area contributed by atoms with Gasteiger partial charge in [0, 0.05) is 36.6 Å². The van der Waals surface area contributed by atoms with E-state index in [1.807, 2.05) is 6.07 Å². The predicted molar refractivity (Wildman–Crippen MR) is 93.9 cm³/mol. The highest BCUT2D eigenvalue weighted by atomic mass is 19.1. The molecule has 1 aromatic carbocycles. The van der Waals surface area contributed by atoms with Crippen LogP contribution >= 0.6 is 0 Å². The molecule has 1 fully saturated rings. The number of aromatic nitrogens is 2. The summed E-state index contributed by atoms with van der Waals surface area (Å²) in [5.74, 6) is -0.578. The first-order chi connectivity index (χ1) is 12.7. The molecule has 1 aliphatic rings. The van der Waals surface area contributed by atoms with Gasteiger partial charge in [0.25, 0.3) is 0 Å². The van der Waals surface area contributed by atoms with Gasteiger partial charge in [-0.2, -0.15) is 10.5 Å². The van der Waals surface area contributed by atoms with Crippen LogP contribution in [0.15, 0.2) is 30.6 Å². The molecular formula is C19H14FN5O. The highest BCUT2D eigenvalue weighted by molar-refractivity contribution is 6.04. The second kappa shape index (κ2) is 6.47. The van der Waals surface area contributed by atoms with Crippen molar-refractivity contribution in [1.29, 1.82) is 10.5 Å². The van der Waals surface area contributed by atoms with Crippen LogP contribution in [0.1, 0.15) is 11.1 Å². The summed E-state index contributed by atoms with van der Waals surface area (Å²) >= 11 is 0. The lowest BCUT2D eigenvalue weighted by Gasteiger charge is -2.30. The molecular weight excluding hydrogens is 333 g/mol. The lowest BCUT2D eigenvalue weighted by atomic mass is 10.00. The third-order valence-corrected chi connectivity index (χ3v) is 4.53. The molecule has 2 aromatic heterocycles. The maximum atomic E-state index is 14.8. The topological polar surface area (TPSA) is 88.7 Å². The number of fused-ring (bicyclic) bond motifs is 1. The fourth-order valence-corrected chi connectivity index (χ4v) is 3.31. The van der Waals surface area contributed by atoms with Crippen molar-refractivity contribution in [2.75, 3.05) is 31.2 Å². The Balaban J connectivity index is 2.01. The molecule has 0 amide bonds. The first-order valence-electron chi connectivity index (χ1n) is 8.16. The summed E-state index contributed by atoms with van der Waals surface area (Å²) in [4.78, 5) is 9.42. The van der Waals surface area contributed by atoms with Crippen LogP contribution in [-0.2, 0) is 4.74 Å². The van der Waals surface area contributed by atoms with E-state index in [2.05, 4.69) is 20.9 Å².